The lowest BCUT2D eigenvalue weighted by atomic mass is 10.1. The molecule has 0 saturated carbocycles. The van der Waals surface area contributed by atoms with Crippen LogP contribution in [0.1, 0.15) is 54.4 Å². The first-order valence-corrected chi connectivity index (χ1v) is 10.5. The first-order valence-electron chi connectivity index (χ1n) is 8.58. The Morgan fingerprint density at radius 1 is 1.19 bits per heavy atom. The van der Waals surface area contributed by atoms with Gasteiger partial charge in [-0.2, -0.15) is 0 Å². The normalized spacial score (nSPS) is 11.5. The summed E-state index contributed by atoms with van der Waals surface area (Å²) in [4.78, 5) is 34.0. The number of nitrogens with one attached hydrogen (secondary N) is 1. The molecule has 0 amide bonds. The molecule has 0 unspecified atom stereocenters. The molecular weight excluding hydrogens is 354 g/mol. The third kappa shape index (κ3) is 5.59. The van der Waals surface area contributed by atoms with Crippen LogP contribution in [0.4, 0.5) is 0 Å². The first-order chi connectivity index (χ1) is 12.3. The van der Waals surface area contributed by atoms with E-state index in [4.69, 9.17) is 0 Å². The van der Waals surface area contributed by atoms with E-state index in [1.807, 2.05) is 6.92 Å². The highest BCUT2D eigenvalue weighted by Crippen LogP contribution is 2.16. The monoisotopic (exact) mass is 377 g/mol. The number of Topliss-reactive ketones (excluding diaryl/α,β-unsaturated/α-hetero) is 1. The van der Waals surface area contributed by atoms with E-state index in [9.17, 15) is 18.0 Å². The van der Waals surface area contributed by atoms with Gasteiger partial charge >= 0.3 is 0 Å². The SMILES string of the molecule is CCCCc1cnc(CCCC(=O)c2ccc(=O)[nH]c2)nc1S(C)(=O)=O. The topological polar surface area (TPSA) is 110 Å². The minimum atomic E-state index is -3.43. The summed E-state index contributed by atoms with van der Waals surface area (Å²) in [7, 11) is -3.43. The highest BCUT2D eigenvalue weighted by molar-refractivity contribution is 7.90. The Bertz CT molecular complexity index is 915. The van der Waals surface area contributed by atoms with Gasteiger partial charge in [-0.05, 0) is 25.3 Å². The van der Waals surface area contributed by atoms with Crippen molar-refractivity contribution in [2.75, 3.05) is 6.26 Å². The van der Waals surface area contributed by atoms with E-state index in [1.54, 1.807) is 6.20 Å². The molecule has 2 rings (SSSR count). The summed E-state index contributed by atoms with van der Waals surface area (Å²) in [5.41, 5.74) is 0.825. The molecule has 0 aliphatic rings. The van der Waals surface area contributed by atoms with Gasteiger partial charge in [-0.3, -0.25) is 9.59 Å². The second-order valence-corrected chi connectivity index (χ2v) is 8.14. The molecule has 0 radical (unpaired) electrons. The number of H-pyrrole nitrogens is 1. The third-order valence-electron chi connectivity index (χ3n) is 3.94. The van der Waals surface area contributed by atoms with Crippen LogP contribution in [-0.4, -0.2) is 35.4 Å². The van der Waals surface area contributed by atoms with Crippen molar-refractivity contribution in [1.29, 1.82) is 0 Å². The fourth-order valence-electron chi connectivity index (χ4n) is 2.54. The van der Waals surface area contributed by atoms with E-state index < -0.39 is 9.84 Å². The number of pyridine rings is 1. The molecule has 0 spiro atoms. The Morgan fingerprint density at radius 2 is 1.96 bits per heavy atom. The van der Waals surface area contributed by atoms with Crippen LogP contribution in [0.2, 0.25) is 0 Å². The summed E-state index contributed by atoms with van der Waals surface area (Å²) in [5, 5.41) is 0.0860. The summed E-state index contributed by atoms with van der Waals surface area (Å²) in [6.07, 6.45) is 7.75. The number of hydrogen-bond acceptors (Lipinski definition) is 6. The van der Waals surface area contributed by atoms with Crippen LogP contribution in [-0.2, 0) is 22.7 Å². The maximum atomic E-state index is 12.1. The smallest absolute Gasteiger partial charge is 0.247 e. The fourth-order valence-corrected chi connectivity index (χ4v) is 3.44. The molecule has 2 heterocycles. The molecule has 0 bridgehead atoms. The second-order valence-electron chi connectivity index (χ2n) is 6.21. The summed E-state index contributed by atoms with van der Waals surface area (Å²) in [6, 6.07) is 2.80. The molecule has 0 saturated heterocycles. The standard InChI is InChI=1S/C18H23N3O4S/c1-3-4-6-14-12-19-16(21-18(14)26(2,24)25)8-5-7-15(22)13-9-10-17(23)20-11-13/h9-12H,3-8H2,1-2H3,(H,20,23). The van der Waals surface area contributed by atoms with Crippen molar-refractivity contribution < 1.29 is 13.2 Å². The molecule has 7 nitrogen and oxygen atoms in total. The zero-order chi connectivity index (χ0) is 19.2. The molecular formula is C18H23N3O4S. The minimum Gasteiger partial charge on any atom is -0.328 e. The van der Waals surface area contributed by atoms with Gasteiger partial charge in [-0.15, -0.1) is 0 Å². The van der Waals surface area contributed by atoms with Crippen molar-refractivity contribution in [3.8, 4) is 0 Å². The molecule has 0 aliphatic carbocycles. The Labute approximate surface area is 152 Å². The lowest BCUT2D eigenvalue weighted by molar-refractivity contribution is 0.0979. The number of aromatic amines is 1. The maximum absolute atomic E-state index is 12.1. The molecule has 0 fully saturated rings. The Kier molecular flexibility index (Phi) is 6.79. The number of carbonyl (C=O) groups is 1. The largest absolute Gasteiger partial charge is 0.328 e. The van der Waals surface area contributed by atoms with Crippen molar-refractivity contribution in [1.82, 2.24) is 15.0 Å². The average Bonchev–Trinajstić information content (AvgIpc) is 2.60. The van der Waals surface area contributed by atoms with Gasteiger partial charge in [0.05, 0.1) is 0 Å². The van der Waals surface area contributed by atoms with Crippen molar-refractivity contribution in [2.24, 2.45) is 0 Å². The predicted molar refractivity (Wildman–Crippen MR) is 98.1 cm³/mol. The van der Waals surface area contributed by atoms with Crippen LogP contribution in [0.3, 0.4) is 0 Å². The van der Waals surface area contributed by atoms with Gasteiger partial charge < -0.3 is 4.98 Å². The molecule has 1 N–H and O–H groups in total. The summed E-state index contributed by atoms with van der Waals surface area (Å²) >= 11 is 0. The van der Waals surface area contributed by atoms with Crippen molar-refractivity contribution >= 4 is 15.6 Å². The Morgan fingerprint density at radius 3 is 2.58 bits per heavy atom. The van der Waals surface area contributed by atoms with E-state index in [1.165, 1.54) is 18.3 Å². The minimum absolute atomic E-state index is 0.0860. The number of ketones is 1. The van der Waals surface area contributed by atoms with E-state index in [2.05, 4.69) is 15.0 Å². The lowest BCUT2D eigenvalue weighted by Gasteiger charge is -2.08. The Balaban J connectivity index is 2.04. The van der Waals surface area contributed by atoms with E-state index in [0.717, 1.165) is 19.1 Å². The molecule has 140 valence electrons. The van der Waals surface area contributed by atoms with Crippen LogP contribution in [0.5, 0.6) is 0 Å². The first kappa shape index (κ1) is 20.0. The predicted octanol–water partition coefficient (Wildman–Crippen LogP) is 2.12. The number of unbranched alkanes of at least 4 members (excludes halogenated alkanes) is 1. The Hall–Kier alpha value is -2.35. The van der Waals surface area contributed by atoms with E-state index >= 15 is 0 Å². The van der Waals surface area contributed by atoms with Gasteiger partial charge in [0.15, 0.2) is 20.6 Å². The van der Waals surface area contributed by atoms with Gasteiger partial charge in [0.1, 0.15) is 5.82 Å². The van der Waals surface area contributed by atoms with Crippen LogP contribution < -0.4 is 5.56 Å². The highest BCUT2D eigenvalue weighted by Gasteiger charge is 2.17. The number of rotatable bonds is 9. The molecule has 8 heteroatoms. The zero-order valence-corrected chi connectivity index (χ0v) is 15.8. The molecule has 2 aromatic heterocycles. The van der Waals surface area contributed by atoms with Gasteiger partial charge in [-0.25, -0.2) is 18.4 Å². The van der Waals surface area contributed by atoms with Gasteiger partial charge in [0.25, 0.3) is 0 Å². The van der Waals surface area contributed by atoms with Crippen LogP contribution in [0, 0.1) is 0 Å². The number of sulfone groups is 1. The molecule has 0 aliphatic heterocycles. The quantitative estimate of drug-likeness (QED) is 0.529. The third-order valence-corrected chi connectivity index (χ3v) is 4.99. The van der Waals surface area contributed by atoms with Crippen molar-refractivity contribution in [3.63, 3.8) is 0 Å². The molecule has 26 heavy (non-hydrogen) atoms. The second kappa shape index (κ2) is 8.84. The lowest BCUT2D eigenvalue weighted by Crippen LogP contribution is -2.10. The molecule has 0 atom stereocenters. The van der Waals surface area contributed by atoms with E-state index in [-0.39, 0.29) is 22.8 Å². The number of nitrogens with zero attached hydrogens (tertiary/aromatic N) is 2. The van der Waals surface area contributed by atoms with Crippen molar-refractivity contribution in [3.05, 3.63) is 51.8 Å². The zero-order valence-electron chi connectivity index (χ0n) is 15.0. The van der Waals surface area contributed by atoms with Gasteiger partial charge in [-0.1, -0.05) is 13.3 Å². The summed E-state index contributed by atoms with van der Waals surface area (Å²) in [5.74, 6) is 0.323. The number of aromatic nitrogens is 3. The van der Waals surface area contributed by atoms with E-state index in [0.29, 0.717) is 36.2 Å². The van der Waals surface area contributed by atoms with Crippen LogP contribution >= 0.6 is 0 Å². The van der Waals surface area contributed by atoms with Crippen LogP contribution in [0.15, 0.2) is 34.3 Å². The van der Waals surface area contributed by atoms with Gasteiger partial charge in [0.2, 0.25) is 5.56 Å². The van der Waals surface area contributed by atoms with Crippen molar-refractivity contribution in [2.45, 2.75) is 50.5 Å². The number of hydrogen-bond donors (Lipinski definition) is 1. The molecule has 0 aromatic carbocycles. The summed E-state index contributed by atoms with van der Waals surface area (Å²) in [6.45, 7) is 2.04. The number of carbonyl (C=O) groups excluding carboxylic acids is 1. The van der Waals surface area contributed by atoms with Gasteiger partial charge in [0, 0.05) is 48.7 Å². The highest BCUT2D eigenvalue weighted by atomic mass is 32.2. The maximum Gasteiger partial charge on any atom is 0.247 e. The molecule has 2 aromatic rings. The fraction of sp³-hybridized carbons (Fsp3) is 0.444. The average molecular weight is 377 g/mol. The number of aryl methyl sites for hydroxylation is 2. The van der Waals surface area contributed by atoms with Crippen LogP contribution in [0.25, 0.3) is 0 Å². The summed E-state index contributed by atoms with van der Waals surface area (Å²) < 4.78 is 24.0.